The summed E-state index contributed by atoms with van der Waals surface area (Å²) in [5.41, 5.74) is 1.84. The van der Waals surface area contributed by atoms with Gasteiger partial charge in [0.2, 0.25) is 0 Å². The van der Waals surface area contributed by atoms with Crippen LogP contribution in [0.15, 0.2) is 60.8 Å². The first-order valence-corrected chi connectivity index (χ1v) is 12.4. The Morgan fingerprint density at radius 1 is 0.974 bits per heavy atom. The summed E-state index contributed by atoms with van der Waals surface area (Å²) in [7, 11) is 3.16. The minimum Gasteiger partial charge on any atom is -0.493 e. The first kappa shape index (κ1) is 27.6. The molecule has 0 aliphatic carbocycles. The molecule has 1 aliphatic rings. The summed E-state index contributed by atoms with van der Waals surface area (Å²) in [6, 6.07) is 14.7. The molecule has 4 rings (SSSR count). The zero-order chi connectivity index (χ0) is 27.8. The van der Waals surface area contributed by atoms with Crippen LogP contribution in [0.2, 0.25) is 0 Å². The van der Waals surface area contributed by atoms with Crippen molar-refractivity contribution in [2.24, 2.45) is 0 Å². The van der Waals surface area contributed by atoms with Crippen LogP contribution in [0.1, 0.15) is 26.3 Å². The van der Waals surface area contributed by atoms with Gasteiger partial charge in [-0.2, -0.15) is 8.78 Å². The molecule has 0 saturated carbocycles. The van der Waals surface area contributed by atoms with Crippen LogP contribution < -0.4 is 24.4 Å². The Morgan fingerprint density at radius 3 is 2.36 bits per heavy atom. The number of carbonyl (C=O) groups is 2. The lowest BCUT2D eigenvalue weighted by molar-refractivity contribution is -0.0498. The molecule has 0 unspecified atom stereocenters. The van der Waals surface area contributed by atoms with E-state index in [0.29, 0.717) is 67.6 Å². The molecule has 0 atom stereocenters. The van der Waals surface area contributed by atoms with Crippen molar-refractivity contribution in [3.8, 4) is 17.2 Å². The van der Waals surface area contributed by atoms with Gasteiger partial charge >= 0.3 is 6.61 Å². The Bertz CT molecular complexity index is 1280. The highest BCUT2D eigenvalue weighted by Gasteiger charge is 2.25. The number of nitrogens with zero attached hydrogens (tertiary/aromatic N) is 3. The Balaban J connectivity index is 1.33. The second kappa shape index (κ2) is 12.9. The summed E-state index contributed by atoms with van der Waals surface area (Å²) < 4.78 is 39.7. The van der Waals surface area contributed by atoms with Gasteiger partial charge in [-0.05, 0) is 60.5 Å². The molecular weight excluding hydrogens is 510 g/mol. The monoisotopic (exact) mass is 540 g/mol. The number of nitrogens with one attached hydrogen (secondary N) is 1. The number of piperazine rings is 1. The number of carbonyl (C=O) groups excluding carboxylic acids is 2. The zero-order valence-electron chi connectivity index (χ0n) is 21.7. The highest BCUT2D eigenvalue weighted by molar-refractivity contribution is 5.99. The van der Waals surface area contributed by atoms with E-state index in [1.165, 1.54) is 24.3 Å². The van der Waals surface area contributed by atoms with Gasteiger partial charge in [0.15, 0.2) is 11.5 Å². The topological polar surface area (TPSA) is 93.2 Å². The average molecular weight is 541 g/mol. The summed E-state index contributed by atoms with van der Waals surface area (Å²) >= 11 is 0. The van der Waals surface area contributed by atoms with E-state index in [-0.39, 0.29) is 17.6 Å². The highest BCUT2D eigenvalue weighted by atomic mass is 19.3. The van der Waals surface area contributed by atoms with Gasteiger partial charge in [0, 0.05) is 44.5 Å². The van der Waals surface area contributed by atoms with Crippen LogP contribution in [0.5, 0.6) is 17.2 Å². The number of hydrogen-bond donors (Lipinski definition) is 1. The molecule has 39 heavy (non-hydrogen) atoms. The molecule has 1 N–H and O–H groups in total. The number of halogens is 2. The van der Waals surface area contributed by atoms with Crippen molar-refractivity contribution >= 4 is 17.6 Å². The molecule has 11 heteroatoms. The van der Waals surface area contributed by atoms with Gasteiger partial charge in [-0.1, -0.05) is 6.07 Å². The van der Waals surface area contributed by atoms with Gasteiger partial charge in [0.05, 0.1) is 19.8 Å². The Hall–Kier alpha value is -4.41. The third-order valence-electron chi connectivity index (χ3n) is 6.37. The summed E-state index contributed by atoms with van der Waals surface area (Å²) in [5.74, 6) is 1.39. The first-order valence-electron chi connectivity index (χ1n) is 12.4. The van der Waals surface area contributed by atoms with Crippen molar-refractivity contribution in [1.82, 2.24) is 15.2 Å². The van der Waals surface area contributed by atoms with Crippen molar-refractivity contribution < 1.29 is 32.6 Å². The molecule has 2 heterocycles. The number of rotatable bonds is 10. The van der Waals surface area contributed by atoms with E-state index < -0.39 is 6.61 Å². The van der Waals surface area contributed by atoms with Gasteiger partial charge in [-0.25, -0.2) is 4.98 Å². The molecule has 0 radical (unpaired) electrons. The second-order valence-electron chi connectivity index (χ2n) is 8.75. The van der Waals surface area contributed by atoms with Crippen LogP contribution >= 0.6 is 0 Å². The molecule has 1 fully saturated rings. The smallest absolute Gasteiger partial charge is 0.387 e. The molecule has 9 nitrogen and oxygen atoms in total. The molecule has 1 saturated heterocycles. The Labute approximate surface area is 225 Å². The zero-order valence-corrected chi connectivity index (χ0v) is 21.7. The van der Waals surface area contributed by atoms with Crippen LogP contribution in [-0.4, -0.2) is 75.3 Å². The summed E-state index contributed by atoms with van der Waals surface area (Å²) in [6.45, 7) is -0.680. The van der Waals surface area contributed by atoms with Crippen molar-refractivity contribution in [1.29, 1.82) is 0 Å². The van der Waals surface area contributed by atoms with Crippen LogP contribution in [0.3, 0.4) is 0 Å². The van der Waals surface area contributed by atoms with E-state index >= 15 is 0 Å². The third-order valence-corrected chi connectivity index (χ3v) is 6.37. The number of ether oxygens (including phenoxy) is 3. The van der Waals surface area contributed by atoms with Crippen molar-refractivity contribution in [2.45, 2.75) is 13.0 Å². The van der Waals surface area contributed by atoms with E-state index in [0.717, 1.165) is 5.56 Å². The van der Waals surface area contributed by atoms with Gasteiger partial charge in [-0.3, -0.25) is 9.59 Å². The first-order chi connectivity index (χ1) is 18.9. The standard InChI is InChI=1S/C28H30F2N4O5/c1-37-23-10-5-19(18-24(23)38-2)11-13-32-26(35)22-4-3-12-31-25(22)33-14-16-34(17-15-33)27(36)20-6-8-21(9-7-20)39-28(29)30/h3-10,12,18,28H,11,13-17H2,1-2H3,(H,32,35). The molecule has 0 spiro atoms. The Kier molecular flexibility index (Phi) is 9.14. The minimum atomic E-state index is -2.92. The number of alkyl halides is 2. The van der Waals surface area contributed by atoms with Crippen LogP contribution in [-0.2, 0) is 6.42 Å². The highest BCUT2D eigenvalue weighted by Crippen LogP contribution is 2.27. The number of benzene rings is 2. The molecule has 2 amide bonds. The minimum absolute atomic E-state index is 0.00365. The molecular formula is C28H30F2N4O5. The van der Waals surface area contributed by atoms with E-state index in [1.807, 2.05) is 23.1 Å². The lowest BCUT2D eigenvalue weighted by Gasteiger charge is -2.36. The van der Waals surface area contributed by atoms with Crippen LogP contribution in [0, 0.1) is 0 Å². The lowest BCUT2D eigenvalue weighted by atomic mass is 10.1. The molecule has 1 aliphatic heterocycles. The summed E-state index contributed by atoms with van der Waals surface area (Å²) in [4.78, 5) is 34.0. The maximum atomic E-state index is 13.0. The Morgan fingerprint density at radius 2 is 1.69 bits per heavy atom. The predicted octanol–water partition coefficient (Wildman–Crippen LogP) is 3.64. The van der Waals surface area contributed by atoms with E-state index in [4.69, 9.17) is 9.47 Å². The SMILES string of the molecule is COc1ccc(CCNC(=O)c2cccnc2N2CCN(C(=O)c3ccc(OC(F)F)cc3)CC2)cc1OC. The number of anilines is 1. The number of methoxy groups -OCH3 is 2. The molecule has 206 valence electrons. The number of pyridine rings is 1. The maximum Gasteiger partial charge on any atom is 0.387 e. The van der Waals surface area contributed by atoms with Crippen LogP contribution in [0.25, 0.3) is 0 Å². The van der Waals surface area contributed by atoms with Gasteiger partial charge in [-0.15, -0.1) is 0 Å². The van der Waals surface area contributed by atoms with Crippen LogP contribution in [0.4, 0.5) is 14.6 Å². The van der Waals surface area contributed by atoms with E-state index in [9.17, 15) is 18.4 Å². The molecule has 2 aromatic carbocycles. The second-order valence-corrected chi connectivity index (χ2v) is 8.75. The van der Waals surface area contributed by atoms with Crippen molar-refractivity contribution in [3.63, 3.8) is 0 Å². The number of aromatic nitrogens is 1. The quantitative estimate of drug-likeness (QED) is 0.420. The lowest BCUT2D eigenvalue weighted by Crippen LogP contribution is -2.49. The fraction of sp³-hybridized carbons (Fsp3) is 0.321. The molecule has 0 bridgehead atoms. The fourth-order valence-corrected chi connectivity index (χ4v) is 4.36. The van der Waals surface area contributed by atoms with Gasteiger partial charge in [0.25, 0.3) is 11.8 Å². The largest absolute Gasteiger partial charge is 0.493 e. The normalized spacial score (nSPS) is 13.3. The molecule has 3 aromatic rings. The predicted molar refractivity (Wildman–Crippen MR) is 141 cm³/mol. The third kappa shape index (κ3) is 6.92. The van der Waals surface area contributed by atoms with Gasteiger partial charge < -0.3 is 29.3 Å². The fourth-order valence-electron chi connectivity index (χ4n) is 4.36. The van der Waals surface area contributed by atoms with Gasteiger partial charge in [0.1, 0.15) is 11.6 Å². The van der Waals surface area contributed by atoms with E-state index in [2.05, 4.69) is 15.0 Å². The summed E-state index contributed by atoms with van der Waals surface area (Å²) in [5, 5.41) is 2.96. The van der Waals surface area contributed by atoms with E-state index in [1.54, 1.807) is 37.4 Å². The van der Waals surface area contributed by atoms with Crippen molar-refractivity contribution in [3.05, 3.63) is 77.5 Å². The van der Waals surface area contributed by atoms with Crippen molar-refractivity contribution in [2.75, 3.05) is 51.8 Å². The number of hydrogen-bond acceptors (Lipinski definition) is 7. The number of amides is 2. The maximum absolute atomic E-state index is 13.0. The molecule has 1 aromatic heterocycles. The summed E-state index contributed by atoms with van der Waals surface area (Å²) in [6.07, 6.45) is 2.24. The average Bonchev–Trinajstić information content (AvgIpc) is 2.96.